The van der Waals surface area contributed by atoms with Gasteiger partial charge in [0.25, 0.3) is 5.91 Å². The molecule has 0 saturated heterocycles. The number of hydrogen-bond acceptors (Lipinski definition) is 4. The van der Waals surface area contributed by atoms with Gasteiger partial charge in [0, 0.05) is 16.8 Å². The molecule has 0 aromatic heterocycles. The van der Waals surface area contributed by atoms with E-state index in [1.165, 1.54) is 11.0 Å². The van der Waals surface area contributed by atoms with Crippen LogP contribution < -0.4 is 20.3 Å². The summed E-state index contributed by atoms with van der Waals surface area (Å²) in [5, 5.41) is 6.15. The van der Waals surface area contributed by atoms with Crippen LogP contribution in [0.4, 0.5) is 17.1 Å². The molecule has 7 nitrogen and oxygen atoms in total. The first-order valence-corrected chi connectivity index (χ1v) is 10.9. The zero-order chi connectivity index (χ0) is 24.1. The number of carbonyl (C=O) groups excluding carboxylic acids is 3. The molecule has 1 atom stereocenters. The smallest absolute Gasteiger partial charge is 0.251 e. The number of anilines is 3. The van der Waals surface area contributed by atoms with Gasteiger partial charge < -0.3 is 15.4 Å². The number of amides is 3. The lowest BCUT2D eigenvalue weighted by molar-refractivity contribution is -0.124. The predicted molar refractivity (Wildman–Crippen MR) is 133 cm³/mol. The second-order valence-electron chi connectivity index (χ2n) is 7.60. The lowest BCUT2D eigenvalue weighted by Gasteiger charge is -2.35. The highest BCUT2D eigenvalue weighted by molar-refractivity contribution is 6.30. The molecule has 34 heavy (non-hydrogen) atoms. The van der Waals surface area contributed by atoms with Crippen molar-refractivity contribution in [2.45, 2.75) is 12.5 Å². The fraction of sp³-hybridized carbons (Fsp3) is 0.115. The molecule has 2 N–H and O–H groups in total. The van der Waals surface area contributed by atoms with Gasteiger partial charge in [-0.15, -0.1) is 0 Å². The van der Waals surface area contributed by atoms with Crippen LogP contribution in [0, 0.1) is 0 Å². The Morgan fingerprint density at radius 3 is 2.47 bits per heavy atom. The third-order valence-electron chi connectivity index (χ3n) is 5.31. The molecular weight excluding hydrogens is 454 g/mol. The van der Waals surface area contributed by atoms with Crippen molar-refractivity contribution in [3.63, 3.8) is 0 Å². The number of nitrogens with zero attached hydrogens (tertiary/aromatic N) is 1. The van der Waals surface area contributed by atoms with Gasteiger partial charge in [-0.1, -0.05) is 35.9 Å². The molecular formula is C26H22ClN3O4. The van der Waals surface area contributed by atoms with E-state index in [0.717, 1.165) is 5.56 Å². The van der Waals surface area contributed by atoms with Crippen molar-refractivity contribution in [3.05, 3.63) is 89.5 Å². The van der Waals surface area contributed by atoms with Gasteiger partial charge in [-0.25, -0.2) is 0 Å². The van der Waals surface area contributed by atoms with Crippen LogP contribution in [0.15, 0.2) is 78.9 Å². The third-order valence-corrected chi connectivity index (χ3v) is 5.57. The van der Waals surface area contributed by atoms with E-state index in [1.807, 2.05) is 0 Å². The lowest BCUT2D eigenvalue weighted by Crippen LogP contribution is -2.52. The van der Waals surface area contributed by atoms with E-state index in [4.69, 9.17) is 16.3 Å². The number of ether oxygens (including phenoxy) is 1. The highest BCUT2D eigenvalue weighted by Gasteiger charge is 2.37. The first-order chi connectivity index (χ1) is 16.4. The van der Waals surface area contributed by atoms with Gasteiger partial charge in [0.2, 0.25) is 11.8 Å². The summed E-state index contributed by atoms with van der Waals surface area (Å²) in [6.07, 6.45) is 2.81. The largest absolute Gasteiger partial charge is 0.497 e. The predicted octanol–water partition coefficient (Wildman–Crippen LogP) is 4.74. The van der Waals surface area contributed by atoms with Crippen LogP contribution in [0.25, 0.3) is 6.08 Å². The number of nitrogens with one attached hydrogen (secondary N) is 2. The summed E-state index contributed by atoms with van der Waals surface area (Å²) >= 11 is 5.92. The van der Waals surface area contributed by atoms with Gasteiger partial charge >= 0.3 is 0 Å². The SMILES string of the molecule is COc1ccc(NC(=O)CC2C(=O)Nc3ccccc3N2C(=O)C=Cc2ccc(Cl)cc2)cc1. The minimum absolute atomic E-state index is 0.216. The summed E-state index contributed by atoms with van der Waals surface area (Å²) < 4.78 is 5.12. The van der Waals surface area contributed by atoms with E-state index in [0.29, 0.717) is 27.8 Å². The zero-order valence-electron chi connectivity index (χ0n) is 18.3. The van der Waals surface area contributed by atoms with Gasteiger partial charge in [0.1, 0.15) is 11.8 Å². The summed E-state index contributed by atoms with van der Waals surface area (Å²) in [5.74, 6) is -0.592. The normalized spacial score (nSPS) is 14.9. The summed E-state index contributed by atoms with van der Waals surface area (Å²) in [6.45, 7) is 0. The second-order valence-corrected chi connectivity index (χ2v) is 8.03. The molecule has 1 aliphatic rings. The number of carbonyl (C=O) groups is 3. The van der Waals surface area contributed by atoms with Crippen molar-refractivity contribution < 1.29 is 19.1 Å². The highest BCUT2D eigenvalue weighted by Crippen LogP contribution is 2.33. The molecule has 0 saturated carbocycles. The molecule has 4 rings (SSSR count). The summed E-state index contributed by atoms with van der Waals surface area (Å²) in [5.41, 5.74) is 2.37. The fourth-order valence-corrected chi connectivity index (χ4v) is 3.76. The Labute approximate surface area is 202 Å². The fourth-order valence-electron chi connectivity index (χ4n) is 3.63. The molecule has 8 heteroatoms. The molecule has 0 aliphatic carbocycles. The van der Waals surface area contributed by atoms with E-state index in [1.54, 1.807) is 86.0 Å². The second kappa shape index (κ2) is 10.2. The molecule has 1 heterocycles. The number of methoxy groups -OCH3 is 1. The van der Waals surface area contributed by atoms with Crippen LogP contribution in [-0.4, -0.2) is 30.9 Å². The molecule has 0 spiro atoms. The van der Waals surface area contributed by atoms with Gasteiger partial charge in [0.05, 0.1) is 24.9 Å². The van der Waals surface area contributed by atoms with Crippen molar-refractivity contribution in [2.24, 2.45) is 0 Å². The van der Waals surface area contributed by atoms with Crippen LogP contribution in [0.3, 0.4) is 0 Å². The van der Waals surface area contributed by atoms with Crippen molar-refractivity contribution in [1.29, 1.82) is 0 Å². The van der Waals surface area contributed by atoms with E-state index < -0.39 is 23.8 Å². The van der Waals surface area contributed by atoms with Gasteiger partial charge in [-0.2, -0.15) is 0 Å². The van der Waals surface area contributed by atoms with Crippen molar-refractivity contribution >= 4 is 52.5 Å². The van der Waals surface area contributed by atoms with E-state index >= 15 is 0 Å². The Balaban J connectivity index is 1.57. The topological polar surface area (TPSA) is 87.7 Å². The molecule has 3 aromatic rings. The Kier molecular flexibility index (Phi) is 6.94. The quantitative estimate of drug-likeness (QED) is 0.504. The maximum Gasteiger partial charge on any atom is 0.251 e. The molecule has 1 unspecified atom stereocenters. The molecule has 1 aliphatic heterocycles. The minimum atomic E-state index is -1.02. The maximum atomic E-state index is 13.3. The van der Waals surface area contributed by atoms with E-state index in [9.17, 15) is 14.4 Å². The van der Waals surface area contributed by atoms with Crippen LogP contribution in [0.1, 0.15) is 12.0 Å². The number of fused-ring (bicyclic) bond motifs is 1. The first-order valence-electron chi connectivity index (χ1n) is 10.6. The average Bonchev–Trinajstić information content (AvgIpc) is 2.84. The molecule has 3 aromatic carbocycles. The number of hydrogen-bond donors (Lipinski definition) is 2. The van der Waals surface area contributed by atoms with Crippen LogP contribution >= 0.6 is 11.6 Å². The third kappa shape index (κ3) is 5.27. The number of para-hydroxylation sites is 2. The van der Waals surface area contributed by atoms with Crippen LogP contribution in [0.5, 0.6) is 5.75 Å². The van der Waals surface area contributed by atoms with Gasteiger partial charge in [-0.05, 0) is 60.2 Å². The monoisotopic (exact) mass is 475 g/mol. The number of halogens is 1. The molecule has 172 valence electrons. The molecule has 0 fully saturated rings. The van der Waals surface area contributed by atoms with Crippen molar-refractivity contribution in [2.75, 3.05) is 22.6 Å². The first kappa shape index (κ1) is 23.1. The van der Waals surface area contributed by atoms with Crippen LogP contribution in [0.2, 0.25) is 5.02 Å². The molecule has 3 amide bonds. The van der Waals surface area contributed by atoms with Gasteiger partial charge in [0.15, 0.2) is 0 Å². The summed E-state index contributed by atoms with van der Waals surface area (Å²) in [7, 11) is 1.56. The Morgan fingerprint density at radius 2 is 1.76 bits per heavy atom. The number of benzene rings is 3. The maximum absolute atomic E-state index is 13.3. The highest BCUT2D eigenvalue weighted by atomic mass is 35.5. The van der Waals surface area contributed by atoms with Gasteiger partial charge in [-0.3, -0.25) is 19.3 Å². The standard InChI is InChI=1S/C26H22ClN3O4/c1-34-20-13-11-19(12-14-20)28-24(31)16-23-26(33)29-21-4-2-3-5-22(21)30(23)25(32)15-8-17-6-9-18(27)10-7-17/h2-15,23H,16H2,1H3,(H,28,31)(H,29,33). The lowest BCUT2D eigenvalue weighted by atomic mass is 10.0. The number of rotatable bonds is 6. The molecule has 0 bridgehead atoms. The van der Waals surface area contributed by atoms with E-state index in [2.05, 4.69) is 10.6 Å². The van der Waals surface area contributed by atoms with Crippen LogP contribution in [-0.2, 0) is 14.4 Å². The molecule has 0 radical (unpaired) electrons. The average molecular weight is 476 g/mol. The van der Waals surface area contributed by atoms with Crippen molar-refractivity contribution in [3.8, 4) is 5.75 Å². The summed E-state index contributed by atoms with van der Waals surface area (Å²) in [4.78, 5) is 40.3. The zero-order valence-corrected chi connectivity index (χ0v) is 19.1. The Hall–Kier alpha value is -4.10. The van der Waals surface area contributed by atoms with E-state index in [-0.39, 0.29) is 6.42 Å². The van der Waals surface area contributed by atoms with Crippen molar-refractivity contribution in [1.82, 2.24) is 0 Å². The Morgan fingerprint density at radius 1 is 1.06 bits per heavy atom. The minimum Gasteiger partial charge on any atom is -0.497 e. The Bertz CT molecular complexity index is 1240. The summed E-state index contributed by atoms with van der Waals surface area (Å²) in [6, 6.07) is 19.8.